The minimum absolute atomic E-state index is 0.186. The number of halogens is 1. The van der Waals surface area contributed by atoms with Crippen LogP contribution in [0.5, 0.6) is 0 Å². The molecule has 0 aliphatic heterocycles. The van der Waals surface area contributed by atoms with E-state index in [9.17, 15) is 9.50 Å². The van der Waals surface area contributed by atoms with Crippen molar-refractivity contribution in [3.63, 3.8) is 0 Å². The Kier molecular flexibility index (Phi) is 3.08. The number of nitrogens with zero attached hydrogens (tertiary/aromatic N) is 1. The summed E-state index contributed by atoms with van der Waals surface area (Å²) in [7, 11) is 0. The summed E-state index contributed by atoms with van der Waals surface area (Å²) in [5.41, 5.74) is 1.00. The molecule has 0 fully saturated rings. The number of hydrogen-bond acceptors (Lipinski definition) is 4. The van der Waals surface area contributed by atoms with E-state index >= 15 is 0 Å². The summed E-state index contributed by atoms with van der Waals surface area (Å²) in [6.45, 7) is 1.91. The monoisotopic (exact) mass is 277 g/mol. The third-order valence-electron chi connectivity index (χ3n) is 2.91. The molecule has 0 spiro atoms. The molecule has 3 aromatic rings. The highest BCUT2D eigenvalue weighted by atomic mass is 32.1. The number of aliphatic hydroxyl groups excluding tert-OH is 1. The van der Waals surface area contributed by atoms with E-state index in [0.717, 1.165) is 10.7 Å². The van der Waals surface area contributed by atoms with Gasteiger partial charge in [-0.25, -0.2) is 9.37 Å². The zero-order valence-corrected chi connectivity index (χ0v) is 11.1. The second-order valence-corrected chi connectivity index (χ2v) is 5.45. The maximum atomic E-state index is 13.5. The van der Waals surface area contributed by atoms with Crippen LogP contribution in [0.1, 0.15) is 22.6 Å². The standard InChI is InChI=1S/C14H12FNO2S/c1-8-16-10(7-19-8)6-12(17)13-5-9-3-2-4-11(15)14(9)18-13/h2-5,7,12,17H,6H2,1H3. The van der Waals surface area contributed by atoms with Crippen molar-refractivity contribution in [1.82, 2.24) is 4.98 Å². The summed E-state index contributed by atoms with van der Waals surface area (Å²) < 4.78 is 18.9. The number of benzene rings is 1. The Bertz CT molecular complexity index is 719. The Labute approximate surface area is 113 Å². The quantitative estimate of drug-likeness (QED) is 0.795. The van der Waals surface area contributed by atoms with Gasteiger partial charge in [0.2, 0.25) is 0 Å². The van der Waals surface area contributed by atoms with Crippen LogP contribution in [0, 0.1) is 12.7 Å². The molecule has 0 aliphatic rings. The molecule has 0 bridgehead atoms. The molecule has 2 aromatic heterocycles. The van der Waals surface area contributed by atoms with Crippen molar-refractivity contribution in [2.24, 2.45) is 0 Å². The number of furan rings is 1. The molecular weight excluding hydrogens is 265 g/mol. The summed E-state index contributed by atoms with van der Waals surface area (Å²) in [6, 6.07) is 6.38. The highest BCUT2D eigenvalue weighted by molar-refractivity contribution is 7.09. The van der Waals surface area contributed by atoms with E-state index in [1.54, 1.807) is 18.2 Å². The van der Waals surface area contributed by atoms with Gasteiger partial charge in [-0.2, -0.15) is 0 Å². The first-order valence-corrected chi connectivity index (χ1v) is 6.78. The first-order valence-electron chi connectivity index (χ1n) is 5.90. The molecule has 3 rings (SSSR count). The second kappa shape index (κ2) is 4.75. The van der Waals surface area contributed by atoms with Crippen LogP contribution in [0.2, 0.25) is 0 Å². The molecule has 0 amide bonds. The number of rotatable bonds is 3. The highest BCUT2D eigenvalue weighted by Gasteiger charge is 2.16. The van der Waals surface area contributed by atoms with Crippen LogP contribution < -0.4 is 0 Å². The molecule has 1 aromatic carbocycles. The molecule has 0 saturated heterocycles. The van der Waals surface area contributed by atoms with Gasteiger partial charge in [-0.3, -0.25) is 0 Å². The fourth-order valence-electron chi connectivity index (χ4n) is 2.01. The van der Waals surface area contributed by atoms with Crippen molar-refractivity contribution in [1.29, 1.82) is 0 Å². The van der Waals surface area contributed by atoms with Crippen LogP contribution in [0.15, 0.2) is 34.1 Å². The summed E-state index contributed by atoms with van der Waals surface area (Å²) in [6.07, 6.45) is -0.445. The van der Waals surface area contributed by atoms with Gasteiger partial charge in [0.25, 0.3) is 0 Å². The lowest BCUT2D eigenvalue weighted by Gasteiger charge is -2.04. The Morgan fingerprint density at radius 1 is 1.47 bits per heavy atom. The molecule has 0 saturated carbocycles. The Morgan fingerprint density at radius 3 is 3.00 bits per heavy atom. The minimum Gasteiger partial charge on any atom is -0.455 e. The molecule has 0 aliphatic carbocycles. The summed E-state index contributed by atoms with van der Waals surface area (Å²) in [5, 5.41) is 13.6. The summed E-state index contributed by atoms with van der Waals surface area (Å²) in [5.74, 6) is -0.0498. The van der Waals surface area contributed by atoms with Gasteiger partial charge in [0, 0.05) is 17.2 Å². The van der Waals surface area contributed by atoms with E-state index in [1.807, 2.05) is 12.3 Å². The first-order chi connectivity index (χ1) is 9.13. The van der Waals surface area contributed by atoms with Gasteiger partial charge in [-0.05, 0) is 19.1 Å². The fraction of sp³-hybridized carbons (Fsp3) is 0.214. The molecule has 0 radical (unpaired) electrons. The number of aliphatic hydroxyl groups is 1. The van der Waals surface area contributed by atoms with Crippen molar-refractivity contribution in [3.05, 3.63) is 51.9 Å². The molecule has 1 unspecified atom stereocenters. The van der Waals surface area contributed by atoms with Crippen LogP contribution in [-0.2, 0) is 6.42 Å². The molecule has 19 heavy (non-hydrogen) atoms. The molecule has 1 atom stereocenters. The van der Waals surface area contributed by atoms with E-state index < -0.39 is 11.9 Å². The predicted molar refractivity (Wildman–Crippen MR) is 71.7 cm³/mol. The number of hydrogen-bond donors (Lipinski definition) is 1. The van der Waals surface area contributed by atoms with Crippen molar-refractivity contribution >= 4 is 22.3 Å². The zero-order chi connectivity index (χ0) is 13.4. The maximum absolute atomic E-state index is 13.5. The van der Waals surface area contributed by atoms with Crippen molar-refractivity contribution < 1.29 is 13.9 Å². The third kappa shape index (κ3) is 2.39. The highest BCUT2D eigenvalue weighted by Crippen LogP contribution is 2.27. The number of aromatic nitrogens is 1. The summed E-state index contributed by atoms with van der Waals surface area (Å²) in [4.78, 5) is 4.29. The average molecular weight is 277 g/mol. The number of aryl methyl sites for hydroxylation is 1. The molecule has 5 heteroatoms. The maximum Gasteiger partial charge on any atom is 0.170 e. The molecule has 98 valence electrons. The van der Waals surface area contributed by atoms with Crippen LogP contribution in [-0.4, -0.2) is 10.1 Å². The first kappa shape index (κ1) is 12.3. The number of para-hydroxylation sites is 1. The van der Waals surface area contributed by atoms with Crippen molar-refractivity contribution in [2.45, 2.75) is 19.4 Å². The van der Waals surface area contributed by atoms with Gasteiger partial charge in [0.15, 0.2) is 11.4 Å². The lowest BCUT2D eigenvalue weighted by molar-refractivity contribution is 0.151. The normalized spacial score (nSPS) is 13.0. The van der Waals surface area contributed by atoms with Crippen LogP contribution in [0.4, 0.5) is 4.39 Å². The third-order valence-corrected chi connectivity index (χ3v) is 3.73. The smallest absolute Gasteiger partial charge is 0.170 e. The Hall–Kier alpha value is -1.72. The van der Waals surface area contributed by atoms with Gasteiger partial charge < -0.3 is 9.52 Å². The van der Waals surface area contributed by atoms with E-state index in [0.29, 0.717) is 17.6 Å². The molecule has 1 N–H and O–H groups in total. The van der Waals surface area contributed by atoms with Gasteiger partial charge in [0.05, 0.1) is 10.7 Å². The number of thiazole rings is 1. The molecular formula is C14H12FNO2S. The molecule has 3 nitrogen and oxygen atoms in total. The van der Waals surface area contributed by atoms with Crippen LogP contribution >= 0.6 is 11.3 Å². The lowest BCUT2D eigenvalue weighted by Crippen LogP contribution is -2.00. The van der Waals surface area contributed by atoms with Gasteiger partial charge in [-0.1, -0.05) is 12.1 Å². The van der Waals surface area contributed by atoms with Gasteiger partial charge in [0.1, 0.15) is 11.9 Å². The molecule has 2 heterocycles. The van der Waals surface area contributed by atoms with E-state index in [1.165, 1.54) is 17.4 Å². The lowest BCUT2D eigenvalue weighted by atomic mass is 10.1. The fourth-order valence-corrected chi connectivity index (χ4v) is 2.64. The van der Waals surface area contributed by atoms with E-state index in [-0.39, 0.29) is 5.58 Å². The van der Waals surface area contributed by atoms with Gasteiger partial charge in [-0.15, -0.1) is 11.3 Å². The largest absolute Gasteiger partial charge is 0.455 e. The van der Waals surface area contributed by atoms with E-state index in [4.69, 9.17) is 4.42 Å². The zero-order valence-electron chi connectivity index (χ0n) is 10.3. The second-order valence-electron chi connectivity index (χ2n) is 4.38. The average Bonchev–Trinajstić information content (AvgIpc) is 2.96. The van der Waals surface area contributed by atoms with Crippen LogP contribution in [0.25, 0.3) is 11.0 Å². The minimum atomic E-state index is -0.812. The topological polar surface area (TPSA) is 46.3 Å². The Morgan fingerprint density at radius 2 is 2.32 bits per heavy atom. The van der Waals surface area contributed by atoms with Crippen LogP contribution in [0.3, 0.4) is 0 Å². The van der Waals surface area contributed by atoms with Gasteiger partial charge >= 0.3 is 0 Å². The SMILES string of the molecule is Cc1nc(CC(O)c2cc3cccc(F)c3o2)cs1. The van der Waals surface area contributed by atoms with Crippen molar-refractivity contribution in [3.8, 4) is 0 Å². The van der Waals surface area contributed by atoms with E-state index in [2.05, 4.69) is 4.98 Å². The Balaban J connectivity index is 1.89. The van der Waals surface area contributed by atoms with Crippen molar-refractivity contribution in [2.75, 3.05) is 0 Å². The predicted octanol–water partition coefficient (Wildman–Crippen LogP) is 3.61. The number of fused-ring (bicyclic) bond motifs is 1. The summed E-state index contributed by atoms with van der Waals surface area (Å²) >= 11 is 1.54.